The first kappa shape index (κ1) is 50.3. The first-order valence-corrected chi connectivity index (χ1v) is 28.8. The summed E-state index contributed by atoms with van der Waals surface area (Å²) >= 11 is 0. The molecule has 0 N–H and O–H groups in total. The van der Waals surface area contributed by atoms with Crippen LogP contribution in [0, 0.1) is 34.0 Å². The van der Waals surface area contributed by atoms with Gasteiger partial charge in [0.25, 0.3) is 0 Å². The van der Waals surface area contributed by atoms with Crippen LogP contribution >= 0.6 is 0 Å². The molecule has 0 bridgehead atoms. The van der Waals surface area contributed by atoms with Gasteiger partial charge in [0.15, 0.2) is 5.82 Å². The zero-order valence-electron chi connectivity index (χ0n) is 46.6. The Morgan fingerprint density at radius 3 is 1.09 bits per heavy atom. The molecule has 0 unspecified atom stereocenters. The minimum absolute atomic E-state index is 0.254. The van der Waals surface area contributed by atoms with Crippen LogP contribution in [-0.4, -0.2) is 23.7 Å². The third kappa shape index (κ3) is 8.11. The molecule has 0 spiro atoms. The Hall–Kier alpha value is -12.4. The minimum atomic E-state index is 0.254. The average molecular weight is 1110 g/mol. The summed E-state index contributed by atoms with van der Waals surface area (Å²) in [5, 5.41) is 37.7. The quantitative estimate of drug-likeness (QED) is 0.143. The molecule has 87 heavy (non-hydrogen) atoms. The number of aromatic nitrogens is 5. The highest BCUT2D eigenvalue weighted by atomic mass is 15.0. The summed E-state index contributed by atoms with van der Waals surface area (Å²) in [5.41, 5.74) is 19.1. The van der Waals surface area contributed by atoms with Crippen LogP contribution in [-0.2, 0) is 0 Å². The van der Waals surface area contributed by atoms with Gasteiger partial charge < -0.3 is 13.7 Å². The van der Waals surface area contributed by atoms with Crippen molar-refractivity contribution in [3.05, 3.63) is 296 Å². The molecule has 0 fully saturated rings. The minimum Gasteiger partial charge on any atom is -0.309 e. The smallest absolute Gasteiger partial charge is 0.160 e. The molecule has 0 aliphatic rings. The maximum absolute atomic E-state index is 10.6. The molecule has 402 valence electrons. The van der Waals surface area contributed by atoms with Crippen molar-refractivity contribution in [1.29, 1.82) is 15.8 Å². The van der Waals surface area contributed by atoms with Crippen molar-refractivity contribution in [1.82, 2.24) is 23.7 Å². The fraction of sp³-hybridized carbons (Fsp3) is 0. The summed E-state index contributed by atoms with van der Waals surface area (Å²) in [5.74, 6) is 0.559. The summed E-state index contributed by atoms with van der Waals surface area (Å²) in [6.07, 6.45) is 0. The first-order valence-electron chi connectivity index (χ1n) is 28.8. The fourth-order valence-corrected chi connectivity index (χ4v) is 13.2. The van der Waals surface area contributed by atoms with E-state index in [1.165, 1.54) is 0 Å². The van der Waals surface area contributed by atoms with Gasteiger partial charge in [-0.25, -0.2) is 9.97 Å². The number of hydrogen-bond donors (Lipinski definition) is 0. The fourth-order valence-electron chi connectivity index (χ4n) is 13.2. The van der Waals surface area contributed by atoms with Crippen LogP contribution in [0.15, 0.2) is 279 Å². The predicted molar refractivity (Wildman–Crippen MR) is 352 cm³/mol. The number of rotatable bonds is 9. The maximum Gasteiger partial charge on any atom is 0.160 e. The normalized spacial score (nSPS) is 11.4. The molecule has 0 radical (unpaired) electrons. The molecular formula is C79H46N8. The van der Waals surface area contributed by atoms with E-state index in [4.69, 9.17) is 9.97 Å². The molecule has 12 aromatic carbocycles. The SMILES string of the molecule is N#Cc1cc(C#N)c(-c2ccc3c(c2)c2ccccc2n3-c2c(-c3ccccc3-n3c4ccccc4c4ccccc43)cc(-c3nc(-c4ccccc4)cc(-c4ccccc4)n3)cc2-c2ccccc2-n2c3ccccc3c3ccccc32)c(C#N)c1. The summed E-state index contributed by atoms with van der Waals surface area (Å²) < 4.78 is 7.20. The van der Waals surface area contributed by atoms with Crippen LogP contribution < -0.4 is 0 Å². The summed E-state index contributed by atoms with van der Waals surface area (Å²) in [4.78, 5) is 11.1. The van der Waals surface area contributed by atoms with Gasteiger partial charge in [0.2, 0.25) is 0 Å². The van der Waals surface area contributed by atoms with Gasteiger partial charge in [0, 0.05) is 76.8 Å². The first-order chi connectivity index (χ1) is 43.0. The molecule has 16 rings (SSSR count). The van der Waals surface area contributed by atoms with Crippen LogP contribution in [0.25, 0.3) is 150 Å². The number of nitrogens with zero attached hydrogens (tertiary/aromatic N) is 8. The lowest BCUT2D eigenvalue weighted by atomic mass is 9.90. The van der Waals surface area contributed by atoms with Crippen LogP contribution in [0.5, 0.6) is 0 Å². The molecule has 0 aliphatic carbocycles. The summed E-state index contributed by atoms with van der Waals surface area (Å²) in [7, 11) is 0. The third-order valence-electron chi connectivity index (χ3n) is 17.0. The van der Waals surface area contributed by atoms with Gasteiger partial charge in [0.1, 0.15) is 0 Å². The van der Waals surface area contributed by atoms with E-state index in [1.807, 2.05) is 42.5 Å². The van der Waals surface area contributed by atoms with E-state index in [9.17, 15) is 15.8 Å². The molecular weight excluding hydrogens is 1060 g/mol. The second-order valence-electron chi connectivity index (χ2n) is 21.8. The Labute approximate surface area is 500 Å². The highest BCUT2D eigenvalue weighted by Crippen LogP contribution is 2.49. The number of fused-ring (bicyclic) bond motifs is 9. The summed E-state index contributed by atoms with van der Waals surface area (Å²) in [6, 6.07) is 104. The van der Waals surface area contributed by atoms with Crippen LogP contribution in [0.2, 0.25) is 0 Å². The Kier molecular flexibility index (Phi) is 11.8. The second-order valence-corrected chi connectivity index (χ2v) is 21.8. The average Bonchev–Trinajstić information content (AvgIpc) is 1.80. The molecule has 4 heterocycles. The Morgan fingerprint density at radius 2 is 0.655 bits per heavy atom. The molecule has 4 aromatic heterocycles. The molecule has 0 aliphatic heterocycles. The van der Waals surface area contributed by atoms with Crippen LogP contribution in [0.3, 0.4) is 0 Å². The van der Waals surface area contributed by atoms with E-state index in [0.717, 1.165) is 133 Å². The Balaban J connectivity index is 1.09. The molecule has 0 saturated heterocycles. The van der Waals surface area contributed by atoms with Crippen molar-refractivity contribution in [2.75, 3.05) is 0 Å². The van der Waals surface area contributed by atoms with Gasteiger partial charge >= 0.3 is 0 Å². The molecule has 0 saturated carbocycles. The van der Waals surface area contributed by atoms with Crippen molar-refractivity contribution >= 4 is 65.4 Å². The lowest BCUT2D eigenvalue weighted by Crippen LogP contribution is -2.06. The monoisotopic (exact) mass is 1110 g/mol. The van der Waals surface area contributed by atoms with Gasteiger partial charge in [-0.3, -0.25) is 0 Å². The van der Waals surface area contributed by atoms with Crippen LogP contribution in [0.1, 0.15) is 16.7 Å². The van der Waals surface area contributed by atoms with Crippen molar-refractivity contribution in [3.8, 4) is 103 Å². The lowest BCUT2D eigenvalue weighted by Gasteiger charge is -2.24. The Bertz CT molecular complexity index is 5250. The van der Waals surface area contributed by atoms with E-state index in [-0.39, 0.29) is 16.7 Å². The molecule has 16 aromatic rings. The maximum atomic E-state index is 10.6. The number of benzene rings is 12. The van der Waals surface area contributed by atoms with Gasteiger partial charge in [-0.1, -0.05) is 194 Å². The van der Waals surface area contributed by atoms with E-state index in [2.05, 4.69) is 256 Å². The van der Waals surface area contributed by atoms with Crippen molar-refractivity contribution < 1.29 is 0 Å². The molecule has 8 nitrogen and oxygen atoms in total. The number of para-hydroxylation sites is 7. The second kappa shape index (κ2) is 20.5. The molecule has 8 heteroatoms. The van der Waals surface area contributed by atoms with E-state index >= 15 is 0 Å². The highest BCUT2D eigenvalue weighted by molar-refractivity contribution is 6.14. The van der Waals surface area contributed by atoms with E-state index in [1.54, 1.807) is 12.1 Å². The van der Waals surface area contributed by atoms with Gasteiger partial charge in [0.05, 0.1) is 96.4 Å². The van der Waals surface area contributed by atoms with Crippen LogP contribution in [0.4, 0.5) is 0 Å². The Morgan fingerprint density at radius 1 is 0.276 bits per heavy atom. The van der Waals surface area contributed by atoms with Crippen molar-refractivity contribution in [3.63, 3.8) is 0 Å². The zero-order chi connectivity index (χ0) is 58.1. The number of hydrogen-bond acceptors (Lipinski definition) is 5. The van der Waals surface area contributed by atoms with Gasteiger partial charge in [-0.2, -0.15) is 15.8 Å². The summed E-state index contributed by atoms with van der Waals surface area (Å²) in [6.45, 7) is 0. The topological polar surface area (TPSA) is 112 Å². The van der Waals surface area contributed by atoms with E-state index < -0.39 is 0 Å². The molecule has 0 atom stereocenters. The van der Waals surface area contributed by atoms with Crippen molar-refractivity contribution in [2.45, 2.75) is 0 Å². The standard InChI is InChI=1S/C79H46N8/c80-47-50-41-55(48-81)77(56(42-50)49-82)53-39-40-76-64(43-53)61-29-11-20-38-75(61)87(76)78-65(62-30-12-18-36-73(62)85-69-32-14-7-25-57(69)58-26-8-15-33-70(58)85)44-54(79-83-67(51-21-3-1-4-22-51)46-68(84-79)52-23-5-2-6-24-52)45-66(78)63-31-13-19-37-74(63)86-71-34-16-9-27-59(71)60-28-10-17-35-72(60)86/h1-46H. The van der Waals surface area contributed by atoms with E-state index in [0.29, 0.717) is 17.0 Å². The third-order valence-corrected chi connectivity index (χ3v) is 17.0. The molecule has 0 amide bonds. The number of nitriles is 3. The lowest BCUT2D eigenvalue weighted by molar-refractivity contribution is 1.15. The predicted octanol–water partition coefficient (Wildman–Crippen LogP) is 19.4. The van der Waals surface area contributed by atoms with Gasteiger partial charge in [-0.05, 0) is 90.5 Å². The van der Waals surface area contributed by atoms with Gasteiger partial charge in [-0.15, -0.1) is 0 Å². The largest absolute Gasteiger partial charge is 0.309 e. The zero-order valence-corrected chi connectivity index (χ0v) is 46.6. The highest BCUT2D eigenvalue weighted by Gasteiger charge is 2.28. The van der Waals surface area contributed by atoms with Crippen molar-refractivity contribution in [2.24, 2.45) is 0 Å².